The van der Waals surface area contributed by atoms with Crippen molar-refractivity contribution in [3.05, 3.63) is 11.6 Å². The van der Waals surface area contributed by atoms with Crippen molar-refractivity contribution in [3.8, 4) is 0 Å². The minimum atomic E-state index is -1.01. The Morgan fingerprint density at radius 2 is 2.40 bits per heavy atom. The summed E-state index contributed by atoms with van der Waals surface area (Å²) in [6, 6.07) is 0. The highest BCUT2D eigenvalue weighted by molar-refractivity contribution is 5.64. The molecule has 0 fully saturated rings. The molecular weight excluding hydrogens is 132 g/mol. The van der Waals surface area contributed by atoms with Crippen LogP contribution in [0.1, 0.15) is 6.92 Å². The molecule has 0 aromatic carbocycles. The first-order valence-electron chi connectivity index (χ1n) is 2.99. The molecule has 0 saturated carbocycles. The fourth-order valence-electron chi connectivity index (χ4n) is 0.396. The highest BCUT2D eigenvalue weighted by Crippen LogP contribution is 1.84. The van der Waals surface area contributed by atoms with Crippen LogP contribution in [0.4, 0.5) is 4.79 Å². The lowest BCUT2D eigenvalue weighted by molar-refractivity contribution is 0.195. The van der Waals surface area contributed by atoms with Gasteiger partial charge in [0, 0.05) is 13.1 Å². The van der Waals surface area contributed by atoms with E-state index in [-0.39, 0.29) is 0 Å². The summed E-state index contributed by atoms with van der Waals surface area (Å²) in [5, 5.41) is 10.3. The average Bonchev–Trinajstić information content (AvgIpc) is 1.87. The second-order valence-corrected chi connectivity index (χ2v) is 1.94. The standard InChI is InChI=1S/C6H12N2O2/c1-5(4-7)2-3-8-6(9)10/h2,8H,3-4,7H2,1H3,(H,9,10)/b5-2+. The lowest BCUT2D eigenvalue weighted by atomic mass is 10.3. The van der Waals surface area contributed by atoms with Crippen LogP contribution < -0.4 is 11.1 Å². The summed E-state index contributed by atoms with van der Waals surface area (Å²) in [6.07, 6.45) is 0.731. The summed E-state index contributed by atoms with van der Waals surface area (Å²) in [5.41, 5.74) is 6.23. The van der Waals surface area contributed by atoms with Crippen molar-refractivity contribution in [1.29, 1.82) is 0 Å². The third kappa shape index (κ3) is 5.11. The fourth-order valence-corrected chi connectivity index (χ4v) is 0.396. The molecule has 0 unspecified atom stereocenters. The Morgan fingerprint density at radius 1 is 1.80 bits per heavy atom. The Kier molecular flexibility index (Phi) is 4.32. The van der Waals surface area contributed by atoms with E-state index in [1.807, 2.05) is 6.92 Å². The summed E-state index contributed by atoms with van der Waals surface area (Å²) in [6.45, 7) is 2.66. The monoisotopic (exact) mass is 144 g/mol. The van der Waals surface area contributed by atoms with E-state index in [0.29, 0.717) is 13.1 Å². The summed E-state index contributed by atoms with van der Waals surface area (Å²) < 4.78 is 0. The van der Waals surface area contributed by atoms with Gasteiger partial charge in [-0.25, -0.2) is 4.79 Å². The smallest absolute Gasteiger partial charge is 0.404 e. The molecule has 0 rings (SSSR count). The molecule has 10 heavy (non-hydrogen) atoms. The van der Waals surface area contributed by atoms with Gasteiger partial charge in [0.15, 0.2) is 0 Å². The molecule has 0 saturated heterocycles. The first kappa shape index (κ1) is 8.97. The van der Waals surface area contributed by atoms with Crippen LogP contribution in [0.5, 0.6) is 0 Å². The van der Waals surface area contributed by atoms with Crippen LogP contribution in [-0.4, -0.2) is 24.3 Å². The second-order valence-electron chi connectivity index (χ2n) is 1.94. The molecule has 4 heteroatoms. The third-order valence-corrected chi connectivity index (χ3v) is 1.03. The van der Waals surface area contributed by atoms with E-state index in [1.165, 1.54) is 0 Å². The van der Waals surface area contributed by atoms with Crippen LogP contribution in [0.15, 0.2) is 11.6 Å². The van der Waals surface area contributed by atoms with Crippen LogP contribution in [-0.2, 0) is 0 Å². The molecule has 0 radical (unpaired) electrons. The maximum absolute atomic E-state index is 9.90. The molecule has 58 valence electrons. The van der Waals surface area contributed by atoms with E-state index in [9.17, 15) is 4.79 Å². The number of nitrogens with two attached hydrogens (primary N) is 1. The Hall–Kier alpha value is -1.03. The molecule has 0 atom stereocenters. The number of hydrogen-bond donors (Lipinski definition) is 3. The number of nitrogens with one attached hydrogen (secondary N) is 1. The summed E-state index contributed by atoms with van der Waals surface area (Å²) >= 11 is 0. The Labute approximate surface area is 59.7 Å². The van der Waals surface area contributed by atoms with Crippen LogP contribution in [0.2, 0.25) is 0 Å². The van der Waals surface area contributed by atoms with Crippen LogP contribution >= 0.6 is 0 Å². The SMILES string of the molecule is C/C(=C\CNC(=O)O)CN. The lowest BCUT2D eigenvalue weighted by Crippen LogP contribution is -2.21. The molecule has 0 heterocycles. The van der Waals surface area contributed by atoms with Gasteiger partial charge in [-0.3, -0.25) is 0 Å². The zero-order chi connectivity index (χ0) is 7.98. The van der Waals surface area contributed by atoms with Crippen molar-refractivity contribution in [2.75, 3.05) is 13.1 Å². The summed E-state index contributed by atoms with van der Waals surface area (Å²) in [5.74, 6) is 0. The summed E-state index contributed by atoms with van der Waals surface area (Å²) in [4.78, 5) is 9.90. The van der Waals surface area contributed by atoms with Crippen LogP contribution in [0.3, 0.4) is 0 Å². The number of rotatable bonds is 3. The molecule has 4 N–H and O–H groups in total. The minimum absolute atomic E-state index is 0.332. The van der Waals surface area contributed by atoms with Gasteiger partial charge in [0.25, 0.3) is 0 Å². The van der Waals surface area contributed by atoms with Crippen molar-refractivity contribution < 1.29 is 9.90 Å². The predicted octanol–water partition coefficient (Wildman–Crippen LogP) is 0.159. The van der Waals surface area contributed by atoms with Crippen molar-refractivity contribution in [2.24, 2.45) is 5.73 Å². The van der Waals surface area contributed by atoms with Crippen molar-refractivity contribution in [2.45, 2.75) is 6.92 Å². The van der Waals surface area contributed by atoms with Gasteiger partial charge in [-0.2, -0.15) is 0 Å². The second kappa shape index (κ2) is 4.81. The van der Waals surface area contributed by atoms with E-state index in [2.05, 4.69) is 5.32 Å². The highest BCUT2D eigenvalue weighted by atomic mass is 16.4. The van der Waals surface area contributed by atoms with Gasteiger partial charge in [0.05, 0.1) is 0 Å². The zero-order valence-corrected chi connectivity index (χ0v) is 5.92. The lowest BCUT2D eigenvalue weighted by Gasteiger charge is -1.95. The quantitative estimate of drug-likeness (QED) is 0.494. The van der Waals surface area contributed by atoms with E-state index in [4.69, 9.17) is 10.8 Å². The molecule has 0 aliphatic rings. The largest absolute Gasteiger partial charge is 0.465 e. The number of carboxylic acid groups (broad SMARTS) is 1. The van der Waals surface area contributed by atoms with Gasteiger partial charge in [-0.1, -0.05) is 11.6 Å². The average molecular weight is 144 g/mol. The third-order valence-electron chi connectivity index (χ3n) is 1.03. The maximum Gasteiger partial charge on any atom is 0.404 e. The number of carbonyl (C=O) groups is 1. The van der Waals surface area contributed by atoms with Crippen molar-refractivity contribution in [3.63, 3.8) is 0 Å². The van der Waals surface area contributed by atoms with Crippen molar-refractivity contribution in [1.82, 2.24) is 5.32 Å². The Balaban J connectivity index is 3.43. The van der Waals surface area contributed by atoms with Gasteiger partial charge in [-0.15, -0.1) is 0 Å². The van der Waals surface area contributed by atoms with Gasteiger partial charge < -0.3 is 16.2 Å². The maximum atomic E-state index is 9.90. The molecule has 0 spiro atoms. The van der Waals surface area contributed by atoms with Gasteiger partial charge in [-0.05, 0) is 6.92 Å². The molecule has 0 aliphatic heterocycles. The molecule has 0 bridgehead atoms. The molecule has 4 nitrogen and oxygen atoms in total. The zero-order valence-electron chi connectivity index (χ0n) is 5.92. The first-order chi connectivity index (χ1) is 4.66. The molecule has 0 aliphatic carbocycles. The van der Waals surface area contributed by atoms with Gasteiger partial charge >= 0.3 is 6.09 Å². The predicted molar refractivity (Wildman–Crippen MR) is 38.8 cm³/mol. The highest BCUT2D eigenvalue weighted by Gasteiger charge is 1.89. The Morgan fingerprint density at radius 3 is 2.80 bits per heavy atom. The molecule has 1 amide bonds. The van der Waals surface area contributed by atoms with E-state index < -0.39 is 6.09 Å². The van der Waals surface area contributed by atoms with E-state index >= 15 is 0 Å². The number of amides is 1. The minimum Gasteiger partial charge on any atom is -0.465 e. The topological polar surface area (TPSA) is 75.3 Å². The molecule has 0 aromatic rings. The van der Waals surface area contributed by atoms with E-state index in [0.717, 1.165) is 5.57 Å². The van der Waals surface area contributed by atoms with Crippen LogP contribution in [0, 0.1) is 0 Å². The first-order valence-corrected chi connectivity index (χ1v) is 2.99. The van der Waals surface area contributed by atoms with Gasteiger partial charge in [0.1, 0.15) is 0 Å². The van der Waals surface area contributed by atoms with Crippen LogP contribution in [0.25, 0.3) is 0 Å². The molecular formula is C6H12N2O2. The normalized spacial score (nSPS) is 11.2. The van der Waals surface area contributed by atoms with Crippen molar-refractivity contribution >= 4 is 6.09 Å². The summed E-state index contributed by atoms with van der Waals surface area (Å²) in [7, 11) is 0. The fraction of sp³-hybridized carbons (Fsp3) is 0.500. The van der Waals surface area contributed by atoms with Gasteiger partial charge in [0.2, 0.25) is 0 Å². The number of hydrogen-bond acceptors (Lipinski definition) is 2. The van der Waals surface area contributed by atoms with E-state index in [1.54, 1.807) is 6.08 Å². The molecule has 0 aromatic heterocycles. The Bertz CT molecular complexity index is 143.